The number of para-hydroxylation sites is 2. The summed E-state index contributed by atoms with van der Waals surface area (Å²) in [5.41, 5.74) is 3.22. The fraction of sp³-hybridized carbons (Fsp3) is 0.0909. The number of aromatic nitrogens is 3. The average Bonchev–Trinajstić information content (AvgIpc) is 3.23. The molecule has 6 nitrogen and oxygen atoms in total. The van der Waals surface area contributed by atoms with E-state index in [-0.39, 0.29) is 12.2 Å². The maximum absolute atomic E-state index is 13.1. The molecule has 4 rings (SSSR count). The molecular weight excluding hydrogens is 422 g/mol. The Bertz CT molecular complexity index is 1280. The van der Waals surface area contributed by atoms with Gasteiger partial charge in [-0.25, -0.2) is 13.1 Å². The molecular formula is C22H18F2N4O2S. The van der Waals surface area contributed by atoms with Crippen LogP contribution in [0.5, 0.6) is 0 Å². The van der Waals surface area contributed by atoms with Gasteiger partial charge in [0, 0.05) is 36.3 Å². The molecule has 0 aliphatic carbocycles. The van der Waals surface area contributed by atoms with Crippen LogP contribution in [-0.2, 0) is 16.4 Å². The summed E-state index contributed by atoms with van der Waals surface area (Å²) in [7, 11) is -4.74. The van der Waals surface area contributed by atoms with Crippen molar-refractivity contribution in [3.05, 3.63) is 90.9 Å². The summed E-state index contributed by atoms with van der Waals surface area (Å²) in [5, 5.41) is 7.66. The molecule has 0 bridgehead atoms. The van der Waals surface area contributed by atoms with Crippen molar-refractivity contribution in [1.29, 1.82) is 0 Å². The topological polar surface area (TPSA) is 76.9 Å². The molecule has 2 aromatic heterocycles. The monoisotopic (exact) mass is 440 g/mol. The van der Waals surface area contributed by atoms with Crippen molar-refractivity contribution in [2.75, 3.05) is 5.32 Å². The minimum absolute atomic E-state index is 0.107. The third-order valence-corrected chi connectivity index (χ3v) is 6.10. The molecule has 0 unspecified atom stereocenters. The summed E-state index contributed by atoms with van der Waals surface area (Å²) in [6, 6.07) is 18.8. The fourth-order valence-corrected chi connectivity index (χ4v) is 4.06. The van der Waals surface area contributed by atoms with Gasteiger partial charge in [-0.3, -0.25) is 4.98 Å². The quantitative estimate of drug-likeness (QED) is 0.457. The number of hydrogen-bond donors (Lipinski definition) is 1. The number of anilines is 1. The number of pyridine rings is 1. The van der Waals surface area contributed by atoms with Crippen molar-refractivity contribution in [3.8, 4) is 16.9 Å². The molecule has 1 N–H and O–H groups in total. The summed E-state index contributed by atoms with van der Waals surface area (Å²) < 4.78 is 51.9. The average molecular weight is 440 g/mol. The van der Waals surface area contributed by atoms with Crippen LogP contribution < -0.4 is 5.32 Å². The molecule has 4 aromatic rings. The van der Waals surface area contributed by atoms with Gasteiger partial charge in [0.25, 0.3) is 0 Å². The maximum atomic E-state index is 13.1. The first-order chi connectivity index (χ1) is 15.0. The second kappa shape index (κ2) is 8.65. The van der Waals surface area contributed by atoms with Crippen LogP contribution >= 0.6 is 0 Å². The number of benzene rings is 2. The summed E-state index contributed by atoms with van der Waals surface area (Å²) >= 11 is 0. The molecule has 0 amide bonds. The van der Waals surface area contributed by atoms with Gasteiger partial charge >= 0.3 is 5.76 Å². The zero-order chi connectivity index (χ0) is 21.8. The van der Waals surface area contributed by atoms with E-state index in [9.17, 15) is 17.2 Å². The Morgan fingerprint density at radius 3 is 2.32 bits per heavy atom. The van der Waals surface area contributed by atoms with Crippen molar-refractivity contribution in [2.24, 2.45) is 0 Å². The Kier molecular flexibility index (Phi) is 5.77. The molecule has 2 heterocycles. The highest BCUT2D eigenvalue weighted by molar-refractivity contribution is 7.91. The summed E-state index contributed by atoms with van der Waals surface area (Å²) in [4.78, 5) is 3.59. The second-order valence-corrected chi connectivity index (χ2v) is 8.56. The molecule has 0 aliphatic rings. The fourth-order valence-electron chi connectivity index (χ4n) is 3.15. The molecule has 9 heteroatoms. The Morgan fingerprint density at radius 1 is 0.935 bits per heavy atom. The minimum Gasteiger partial charge on any atom is -0.380 e. The highest BCUT2D eigenvalue weighted by atomic mass is 32.2. The Hall–Kier alpha value is -3.59. The summed E-state index contributed by atoms with van der Waals surface area (Å²) in [5.74, 6) is -3.50. The van der Waals surface area contributed by atoms with E-state index >= 15 is 0 Å². The standard InChI is InChI=1S/C22H18F2N4O2S/c23-22(24)31(29,30)20-9-5-4-8-19(20)26-14-17-15-28(18-6-2-1-3-7-18)27-21(17)16-10-12-25-13-11-16/h1-13,15,22,26H,14H2. The van der Waals surface area contributed by atoms with Crippen LogP contribution in [0.1, 0.15) is 5.56 Å². The Balaban J connectivity index is 1.71. The first-order valence-electron chi connectivity index (χ1n) is 9.36. The Morgan fingerprint density at radius 2 is 1.61 bits per heavy atom. The largest absolute Gasteiger partial charge is 0.380 e. The van der Waals surface area contributed by atoms with Crippen molar-refractivity contribution in [3.63, 3.8) is 0 Å². The van der Waals surface area contributed by atoms with Crippen molar-refractivity contribution in [1.82, 2.24) is 14.8 Å². The van der Waals surface area contributed by atoms with E-state index in [1.165, 1.54) is 18.2 Å². The maximum Gasteiger partial charge on any atom is 0.341 e. The van der Waals surface area contributed by atoms with Gasteiger partial charge < -0.3 is 5.32 Å². The number of alkyl halides is 2. The van der Waals surface area contributed by atoms with Gasteiger partial charge in [-0.2, -0.15) is 13.9 Å². The van der Waals surface area contributed by atoms with Gasteiger partial charge in [0.1, 0.15) is 0 Å². The van der Waals surface area contributed by atoms with E-state index in [2.05, 4.69) is 15.4 Å². The van der Waals surface area contributed by atoms with Crippen molar-refractivity contribution < 1.29 is 17.2 Å². The van der Waals surface area contributed by atoms with Gasteiger partial charge in [-0.15, -0.1) is 0 Å². The van der Waals surface area contributed by atoms with Crippen molar-refractivity contribution in [2.45, 2.75) is 17.2 Å². The predicted octanol–water partition coefficient (Wildman–Crippen LogP) is 4.54. The highest BCUT2D eigenvalue weighted by Gasteiger charge is 2.29. The smallest absolute Gasteiger partial charge is 0.341 e. The molecule has 0 fully saturated rings. The third kappa shape index (κ3) is 4.31. The van der Waals surface area contributed by atoms with Crippen LogP contribution in [0.4, 0.5) is 14.5 Å². The molecule has 158 valence electrons. The third-order valence-electron chi connectivity index (χ3n) is 4.66. The lowest BCUT2D eigenvalue weighted by atomic mass is 10.1. The van der Waals surface area contributed by atoms with Crippen LogP contribution in [0, 0.1) is 0 Å². The number of halogens is 2. The normalized spacial score (nSPS) is 11.6. The first kappa shape index (κ1) is 20.7. The lowest BCUT2D eigenvalue weighted by molar-refractivity contribution is 0.235. The minimum atomic E-state index is -4.74. The molecule has 31 heavy (non-hydrogen) atoms. The molecule has 0 radical (unpaired) electrons. The summed E-state index contributed by atoms with van der Waals surface area (Å²) in [6.45, 7) is 0.181. The first-order valence-corrected chi connectivity index (χ1v) is 10.9. The van der Waals surface area contributed by atoms with Gasteiger partial charge in [-0.05, 0) is 36.4 Å². The van der Waals surface area contributed by atoms with E-state index in [4.69, 9.17) is 0 Å². The molecule has 2 aromatic carbocycles. The van der Waals surface area contributed by atoms with Crippen LogP contribution in [0.3, 0.4) is 0 Å². The van der Waals surface area contributed by atoms with Gasteiger partial charge in [0.2, 0.25) is 9.84 Å². The van der Waals surface area contributed by atoms with E-state index in [0.717, 1.165) is 16.8 Å². The van der Waals surface area contributed by atoms with Crippen LogP contribution in [0.2, 0.25) is 0 Å². The molecule has 0 aliphatic heterocycles. The molecule has 0 atom stereocenters. The van der Waals surface area contributed by atoms with E-state index in [0.29, 0.717) is 5.69 Å². The SMILES string of the molecule is O=S(=O)(c1ccccc1NCc1cn(-c2ccccc2)nc1-c1ccncc1)C(F)F. The zero-order valence-corrected chi connectivity index (χ0v) is 17.0. The highest BCUT2D eigenvalue weighted by Crippen LogP contribution is 2.28. The van der Waals surface area contributed by atoms with E-state index in [1.807, 2.05) is 48.7 Å². The van der Waals surface area contributed by atoms with Gasteiger partial charge in [-0.1, -0.05) is 30.3 Å². The number of nitrogens with one attached hydrogen (secondary N) is 1. The zero-order valence-electron chi connectivity index (χ0n) is 16.2. The molecule has 0 saturated carbocycles. The van der Waals surface area contributed by atoms with Crippen LogP contribution in [0.15, 0.2) is 90.2 Å². The number of hydrogen-bond acceptors (Lipinski definition) is 5. The lowest BCUT2D eigenvalue weighted by Gasteiger charge is -2.12. The second-order valence-electron chi connectivity index (χ2n) is 6.67. The Labute approximate surface area is 178 Å². The lowest BCUT2D eigenvalue weighted by Crippen LogP contribution is -2.14. The van der Waals surface area contributed by atoms with Crippen LogP contribution in [-0.4, -0.2) is 28.9 Å². The number of sulfone groups is 1. The van der Waals surface area contributed by atoms with E-state index < -0.39 is 20.5 Å². The molecule has 0 saturated heterocycles. The van der Waals surface area contributed by atoms with Crippen molar-refractivity contribution >= 4 is 15.5 Å². The summed E-state index contributed by atoms with van der Waals surface area (Å²) in [6.07, 6.45) is 5.12. The predicted molar refractivity (Wildman–Crippen MR) is 114 cm³/mol. The van der Waals surface area contributed by atoms with Gasteiger partial charge in [0.15, 0.2) is 0 Å². The van der Waals surface area contributed by atoms with Gasteiger partial charge in [0.05, 0.1) is 22.0 Å². The van der Waals surface area contributed by atoms with E-state index in [1.54, 1.807) is 23.1 Å². The molecule has 0 spiro atoms. The number of rotatable bonds is 7. The number of nitrogens with zero attached hydrogens (tertiary/aromatic N) is 3. The van der Waals surface area contributed by atoms with Crippen LogP contribution in [0.25, 0.3) is 16.9 Å².